The largest absolute Gasteiger partial charge is 0.461 e. The third-order valence-electron chi connectivity index (χ3n) is 1.92. The molecule has 1 aromatic carbocycles. The van der Waals surface area contributed by atoms with Gasteiger partial charge in [0.05, 0.1) is 6.61 Å². The van der Waals surface area contributed by atoms with E-state index in [0.717, 1.165) is 11.8 Å². The molecule has 18 heavy (non-hydrogen) atoms. The fourth-order valence-electron chi connectivity index (χ4n) is 1.10. The number of hydrogen-bond acceptors (Lipinski definition) is 6. The fourth-order valence-corrected chi connectivity index (χ4v) is 1.89. The maximum Gasteiger partial charge on any atom is 0.356 e. The quantitative estimate of drug-likeness (QED) is 0.244. The zero-order chi connectivity index (χ0) is 13.5. The number of hydrazine groups is 1. The Bertz CT molecular complexity index is 465. The van der Waals surface area contributed by atoms with Crippen molar-refractivity contribution in [1.82, 2.24) is 5.43 Å². The number of hydrogen-bond donors (Lipinski definition) is 3. The summed E-state index contributed by atoms with van der Waals surface area (Å²) in [6.07, 6.45) is 0. The summed E-state index contributed by atoms with van der Waals surface area (Å²) >= 11 is 0.920. The fraction of sp³-hybridized carbons (Fsp3) is 0.182. The minimum atomic E-state index is -0.700. The van der Waals surface area contributed by atoms with Crippen LogP contribution in [-0.2, 0) is 9.53 Å². The van der Waals surface area contributed by atoms with Gasteiger partial charge in [0, 0.05) is 4.90 Å². The first-order chi connectivity index (χ1) is 8.60. The lowest BCUT2D eigenvalue weighted by Gasteiger charge is -2.10. The number of esters is 1. The molecule has 0 atom stereocenters. The molecule has 1 aromatic rings. The average molecular weight is 271 g/mol. The SMILES string of the molecule is CCOC(=O)/C(N)=C(/NN)Sc1ccccc1F. The molecule has 1 rings (SSSR count). The molecule has 0 heterocycles. The van der Waals surface area contributed by atoms with Crippen molar-refractivity contribution in [3.63, 3.8) is 0 Å². The summed E-state index contributed by atoms with van der Waals surface area (Å²) in [4.78, 5) is 11.7. The van der Waals surface area contributed by atoms with Crippen molar-refractivity contribution in [2.24, 2.45) is 11.6 Å². The van der Waals surface area contributed by atoms with Gasteiger partial charge in [-0.3, -0.25) is 0 Å². The maximum absolute atomic E-state index is 13.4. The van der Waals surface area contributed by atoms with Gasteiger partial charge < -0.3 is 15.9 Å². The zero-order valence-corrected chi connectivity index (χ0v) is 10.6. The predicted molar refractivity (Wildman–Crippen MR) is 67.4 cm³/mol. The van der Waals surface area contributed by atoms with E-state index < -0.39 is 11.8 Å². The number of carbonyl (C=O) groups excluding carboxylic acids is 1. The van der Waals surface area contributed by atoms with Crippen LogP contribution in [0.5, 0.6) is 0 Å². The van der Waals surface area contributed by atoms with Gasteiger partial charge in [0.2, 0.25) is 0 Å². The van der Waals surface area contributed by atoms with E-state index in [1.54, 1.807) is 25.1 Å². The van der Waals surface area contributed by atoms with Gasteiger partial charge in [-0.25, -0.2) is 15.0 Å². The molecule has 0 aromatic heterocycles. The van der Waals surface area contributed by atoms with Crippen LogP contribution < -0.4 is 17.0 Å². The molecular formula is C11H14FN3O2S. The molecular weight excluding hydrogens is 257 g/mol. The first kappa shape index (κ1) is 14.3. The molecule has 0 fully saturated rings. The smallest absolute Gasteiger partial charge is 0.356 e. The van der Waals surface area contributed by atoms with Crippen molar-refractivity contribution >= 4 is 17.7 Å². The highest BCUT2D eigenvalue weighted by Crippen LogP contribution is 2.27. The molecule has 5 N–H and O–H groups in total. The van der Waals surface area contributed by atoms with Crippen LogP contribution in [-0.4, -0.2) is 12.6 Å². The Morgan fingerprint density at radius 3 is 2.72 bits per heavy atom. The number of thioether (sulfide) groups is 1. The van der Waals surface area contributed by atoms with E-state index in [1.807, 2.05) is 0 Å². The van der Waals surface area contributed by atoms with Gasteiger partial charge >= 0.3 is 5.97 Å². The molecule has 0 radical (unpaired) electrons. The van der Waals surface area contributed by atoms with E-state index in [0.29, 0.717) is 4.90 Å². The number of nitrogens with one attached hydrogen (secondary N) is 1. The molecule has 0 aliphatic heterocycles. The lowest BCUT2D eigenvalue weighted by Crippen LogP contribution is -2.27. The van der Waals surface area contributed by atoms with Crippen LogP contribution in [0.3, 0.4) is 0 Å². The summed E-state index contributed by atoms with van der Waals surface area (Å²) < 4.78 is 18.2. The zero-order valence-electron chi connectivity index (χ0n) is 9.77. The minimum absolute atomic E-state index is 0.138. The molecule has 0 amide bonds. The first-order valence-corrected chi connectivity index (χ1v) is 5.97. The summed E-state index contributed by atoms with van der Waals surface area (Å²) in [5.41, 5.74) is 7.65. The Kier molecular flexibility index (Phi) is 5.47. The van der Waals surface area contributed by atoms with E-state index in [9.17, 15) is 9.18 Å². The van der Waals surface area contributed by atoms with Crippen LogP contribution in [0.4, 0.5) is 4.39 Å². The number of ether oxygens (including phenoxy) is 1. The normalized spacial score (nSPS) is 11.7. The van der Waals surface area contributed by atoms with Crippen molar-refractivity contribution in [3.8, 4) is 0 Å². The molecule has 0 bridgehead atoms. The number of carbonyl (C=O) groups is 1. The van der Waals surface area contributed by atoms with Gasteiger partial charge in [0.25, 0.3) is 0 Å². The highest BCUT2D eigenvalue weighted by molar-refractivity contribution is 8.03. The third kappa shape index (κ3) is 3.64. The van der Waals surface area contributed by atoms with Crippen molar-refractivity contribution < 1.29 is 13.9 Å². The summed E-state index contributed by atoms with van der Waals surface area (Å²) in [6.45, 7) is 1.85. The molecule has 0 saturated heterocycles. The second-order valence-corrected chi connectivity index (χ2v) is 4.19. The van der Waals surface area contributed by atoms with Crippen LogP contribution in [0.2, 0.25) is 0 Å². The van der Waals surface area contributed by atoms with Crippen LogP contribution in [0, 0.1) is 5.82 Å². The molecule has 0 saturated carbocycles. The van der Waals surface area contributed by atoms with Gasteiger partial charge in [-0.1, -0.05) is 23.9 Å². The van der Waals surface area contributed by atoms with Gasteiger partial charge in [-0.15, -0.1) is 0 Å². The number of rotatable bonds is 5. The average Bonchev–Trinajstić information content (AvgIpc) is 2.37. The Morgan fingerprint density at radius 1 is 1.50 bits per heavy atom. The molecule has 98 valence electrons. The van der Waals surface area contributed by atoms with Crippen LogP contribution >= 0.6 is 11.8 Å². The molecule has 0 spiro atoms. The highest BCUT2D eigenvalue weighted by Gasteiger charge is 2.15. The standard InChI is InChI=1S/C11H14FN3O2S/c1-2-17-11(16)9(13)10(15-14)18-8-6-4-3-5-7(8)12/h3-6,15H,2,13-14H2,1H3/b10-9+. The Labute approximate surface area is 108 Å². The number of nitrogens with two attached hydrogens (primary N) is 2. The monoisotopic (exact) mass is 271 g/mol. The van der Waals surface area contributed by atoms with E-state index in [2.05, 4.69) is 5.43 Å². The second kappa shape index (κ2) is 6.87. The van der Waals surface area contributed by atoms with Crippen molar-refractivity contribution in [2.45, 2.75) is 11.8 Å². The molecule has 0 aliphatic carbocycles. The number of halogens is 1. The summed E-state index contributed by atoms with van der Waals surface area (Å²) in [7, 11) is 0. The summed E-state index contributed by atoms with van der Waals surface area (Å²) in [5.74, 6) is 4.14. The van der Waals surface area contributed by atoms with Crippen molar-refractivity contribution in [3.05, 3.63) is 40.8 Å². The third-order valence-corrected chi connectivity index (χ3v) is 3.01. The van der Waals surface area contributed by atoms with Gasteiger partial charge in [-0.2, -0.15) is 0 Å². The second-order valence-electron chi connectivity index (χ2n) is 3.14. The predicted octanol–water partition coefficient (Wildman–Crippen LogP) is 1.07. The van der Waals surface area contributed by atoms with Crippen LogP contribution in [0.1, 0.15) is 6.92 Å². The van der Waals surface area contributed by atoms with Gasteiger partial charge in [0.15, 0.2) is 0 Å². The minimum Gasteiger partial charge on any atom is -0.461 e. The van der Waals surface area contributed by atoms with Gasteiger partial charge in [0.1, 0.15) is 16.5 Å². The van der Waals surface area contributed by atoms with Crippen LogP contribution in [0.15, 0.2) is 39.9 Å². The molecule has 0 aliphatic rings. The Balaban J connectivity index is 2.94. The van der Waals surface area contributed by atoms with E-state index >= 15 is 0 Å². The van der Waals surface area contributed by atoms with Crippen molar-refractivity contribution in [1.29, 1.82) is 0 Å². The Hall–Kier alpha value is -1.73. The van der Waals surface area contributed by atoms with E-state index in [1.165, 1.54) is 6.07 Å². The van der Waals surface area contributed by atoms with E-state index in [4.69, 9.17) is 16.3 Å². The first-order valence-electron chi connectivity index (χ1n) is 5.16. The Morgan fingerprint density at radius 2 is 2.17 bits per heavy atom. The van der Waals surface area contributed by atoms with Crippen LogP contribution in [0.25, 0.3) is 0 Å². The molecule has 0 unspecified atom stereocenters. The lowest BCUT2D eigenvalue weighted by molar-refractivity contribution is -0.138. The summed E-state index contributed by atoms with van der Waals surface area (Å²) in [5, 5.41) is 0.138. The lowest BCUT2D eigenvalue weighted by atomic mass is 10.3. The van der Waals surface area contributed by atoms with Crippen molar-refractivity contribution in [2.75, 3.05) is 6.61 Å². The maximum atomic E-state index is 13.4. The number of benzene rings is 1. The highest BCUT2D eigenvalue weighted by atomic mass is 32.2. The van der Waals surface area contributed by atoms with E-state index in [-0.39, 0.29) is 17.3 Å². The topological polar surface area (TPSA) is 90.4 Å². The van der Waals surface area contributed by atoms with Gasteiger partial charge in [-0.05, 0) is 19.1 Å². The molecule has 7 heteroatoms. The summed E-state index contributed by atoms with van der Waals surface area (Å²) in [6, 6.07) is 6.08. The molecule has 5 nitrogen and oxygen atoms in total.